The van der Waals surface area contributed by atoms with Crippen molar-refractivity contribution < 1.29 is 9.15 Å². The maximum absolute atomic E-state index is 5.62. The van der Waals surface area contributed by atoms with Crippen LogP contribution in [0.5, 0.6) is 5.75 Å². The molecule has 0 radical (unpaired) electrons. The minimum Gasteiger partial charge on any atom is -0.496 e. The minimum absolute atomic E-state index is 0.220. The van der Waals surface area contributed by atoms with E-state index in [0.29, 0.717) is 24.0 Å². The highest BCUT2D eigenvalue weighted by Crippen LogP contribution is 2.23. The molecule has 0 atom stereocenters. The van der Waals surface area contributed by atoms with Gasteiger partial charge in [-0.25, -0.2) is 0 Å². The first-order valence-electron chi connectivity index (χ1n) is 8.95. The first kappa shape index (κ1) is 18.8. The van der Waals surface area contributed by atoms with Crippen molar-refractivity contribution in [3.63, 3.8) is 0 Å². The largest absolute Gasteiger partial charge is 0.496 e. The Morgan fingerprint density at radius 3 is 2.56 bits per heavy atom. The zero-order valence-corrected chi connectivity index (χ0v) is 16.2. The summed E-state index contributed by atoms with van der Waals surface area (Å²) in [5, 5.41) is 20.7. The fraction of sp³-hybridized carbons (Fsp3) is 0.421. The summed E-state index contributed by atoms with van der Waals surface area (Å²) in [6.45, 7) is 8.11. The van der Waals surface area contributed by atoms with E-state index in [4.69, 9.17) is 9.15 Å². The van der Waals surface area contributed by atoms with E-state index in [-0.39, 0.29) is 11.8 Å². The van der Waals surface area contributed by atoms with E-state index in [1.165, 1.54) is 4.80 Å². The van der Waals surface area contributed by atoms with Crippen molar-refractivity contribution in [3.8, 4) is 11.4 Å². The highest BCUT2D eigenvalue weighted by Gasteiger charge is 2.11. The van der Waals surface area contributed by atoms with Crippen LogP contribution in [0, 0.1) is 0 Å². The molecule has 142 valence electrons. The number of tetrazole rings is 1. The number of rotatable bonds is 7. The molecule has 0 fully saturated rings. The Balaban J connectivity index is 1.80. The number of aromatic nitrogens is 6. The average molecular weight is 368 g/mol. The lowest BCUT2D eigenvalue weighted by atomic mass is 10.1. The smallest absolute Gasteiger partial charge is 0.220 e. The van der Waals surface area contributed by atoms with Crippen LogP contribution in [0.15, 0.2) is 28.7 Å². The molecule has 2 heterocycles. The summed E-state index contributed by atoms with van der Waals surface area (Å²) in [6.07, 6.45) is 4.47. The van der Waals surface area contributed by atoms with Crippen molar-refractivity contribution in [1.82, 2.24) is 30.4 Å². The number of benzene rings is 1. The Hall–Kier alpha value is -3.03. The number of methoxy groups -OCH3 is 1. The van der Waals surface area contributed by atoms with Gasteiger partial charge in [-0.2, -0.15) is 0 Å². The van der Waals surface area contributed by atoms with Gasteiger partial charge in [-0.3, -0.25) is 0 Å². The summed E-state index contributed by atoms with van der Waals surface area (Å²) in [5.41, 5.74) is 1.72. The van der Waals surface area contributed by atoms with Gasteiger partial charge in [0.05, 0.1) is 12.8 Å². The van der Waals surface area contributed by atoms with E-state index >= 15 is 0 Å². The third-order valence-corrected chi connectivity index (χ3v) is 3.96. The van der Waals surface area contributed by atoms with E-state index in [1.54, 1.807) is 7.11 Å². The Labute approximate surface area is 158 Å². The second-order valence-corrected chi connectivity index (χ2v) is 6.81. The van der Waals surface area contributed by atoms with Crippen LogP contribution in [-0.2, 0) is 6.42 Å². The lowest BCUT2D eigenvalue weighted by Crippen LogP contribution is -2.01. The summed E-state index contributed by atoms with van der Waals surface area (Å²) in [6, 6.07) is 5.74. The highest BCUT2D eigenvalue weighted by atomic mass is 16.5. The van der Waals surface area contributed by atoms with Gasteiger partial charge in [0.2, 0.25) is 11.8 Å². The fourth-order valence-electron chi connectivity index (χ4n) is 2.41. The van der Waals surface area contributed by atoms with Crippen LogP contribution in [0.25, 0.3) is 11.8 Å². The second kappa shape index (κ2) is 8.11. The van der Waals surface area contributed by atoms with Gasteiger partial charge in [0.1, 0.15) is 5.75 Å². The molecule has 27 heavy (non-hydrogen) atoms. The van der Waals surface area contributed by atoms with Crippen LogP contribution in [0.4, 0.5) is 0 Å². The van der Waals surface area contributed by atoms with Gasteiger partial charge in [-0.05, 0) is 23.4 Å². The molecule has 0 unspecified atom stereocenters. The molecule has 2 aromatic heterocycles. The highest BCUT2D eigenvalue weighted by molar-refractivity contribution is 5.60. The van der Waals surface area contributed by atoms with Gasteiger partial charge in [-0.1, -0.05) is 39.8 Å². The van der Waals surface area contributed by atoms with Crippen molar-refractivity contribution in [2.75, 3.05) is 7.11 Å². The quantitative estimate of drug-likeness (QED) is 0.629. The molecule has 0 saturated heterocycles. The van der Waals surface area contributed by atoms with Crippen LogP contribution < -0.4 is 4.74 Å². The fourth-order valence-corrected chi connectivity index (χ4v) is 2.41. The molecule has 0 aliphatic rings. The second-order valence-electron chi connectivity index (χ2n) is 6.81. The average Bonchev–Trinajstić information content (AvgIpc) is 3.31. The molecule has 0 aliphatic carbocycles. The summed E-state index contributed by atoms with van der Waals surface area (Å²) >= 11 is 0. The molecule has 3 rings (SSSR count). The van der Waals surface area contributed by atoms with Gasteiger partial charge in [0.15, 0.2) is 5.82 Å². The molecule has 3 aromatic rings. The summed E-state index contributed by atoms with van der Waals surface area (Å²) in [7, 11) is 1.64. The molecule has 0 saturated carbocycles. The topological polar surface area (TPSA) is 91.8 Å². The summed E-state index contributed by atoms with van der Waals surface area (Å²) in [5.74, 6) is 3.15. The Bertz CT molecular complexity index is 926. The van der Waals surface area contributed by atoms with E-state index in [0.717, 1.165) is 17.0 Å². The predicted molar refractivity (Wildman–Crippen MR) is 101 cm³/mol. The number of ether oxygens (including phenoxy) is 1. The molecule has 0 aliphatic heterocycles. The summed E-state index contributed by atoms with van der Waals surface area (Å²) in [4.78, 5) is 1.53. The van der Waals surface area contributed by atoms with E-state index in [1.807, 2.05) is 58.0 Å². The molecule has 0 spiro atoms. The van der Waals surface area contributed by atoms with Crippen LogP contribution in [-0.4, -0.2) is 37.5 Å². The molecule has 0 N–H and O–H groups in total. The zero-order valence-electron chi connectivity index (χ0n) is 16.2. The van der Waals surface area contributed by atoms with E-state index < -0.39 is 0 Å². The Kier molecular flexibility index (Phi) is 5.63. The van der Waals surface area contributed by atoms with Crippen molar-refractivity contribution in [2.24, 2.45) is 0 Å². The van der Waals surface area contributed by atoms with Gasteiger partial charge in [0, 0.05) is 23.8 Å². The predicted octanol–water partition coefficient (Wildman–Crippen LogP) is 3.56. The van der Waals surface area contributed by atoms with Crippen molar-refractivity contribution in [1.29, 1.82) is 0 Å². The molecule has 0 bridgehead atoms. The SMILES string of the molecule is COc1ccc(-n2nnc(C(C)C)n2)cc1/C=C/Cc1nnc(C(C)C)o1. The number of nitrogens with zero attached hydrogens (tertiary/aromatic N) is 6. The van der Waals surface area contributed by atoms with E-state index in [2.05, 4.69) is 25.6 Å². The number of allylic oxidation sites excluding steroid dienone is 1. The van der Waals surface area contributed by atoms with Crippen molar-refractivity contribution >= 4 is 6.08 Å². The first-order chi connectivity index (χ1) is 13.0. The lowest BCUT2D eigenvalue weighted by Gasteiger charge is -2.07. The van der Waals surface area contributed by atoms with Gasteiger partial charge in [0.25, 0.3) is 0 Å². The maximum atomic E-state index is 5.62. The normalized spacial score (nSPS) is 11.8. The van der Waals surface area contributed by atoms with Crippen LogP contribution in [0.1, 0.15) is 62.7 Å². The van der Waals surface area contributed by atoms with Crippen molar-refractivity contribution in [2.45, 2.75) is 46.0 Å². The van der Waals surface area contributed by atoms with Gasteiger partial charge in [-0.15, -0.1) is 25.2 Å². The van der Waals surface area contributed by atoms with Crippen molar-refractivity contribution in [3.05, 3.63) is 47.4 Å². The number of hydrogen-bond acceptors (Lipinski definition) is 7. The van der Waals surface area contributed by atoms with Crippen LogP contribution in [0.3, 0.4) is 0 Å². The van der Waals surface area contributed by atoms with Gasteiger partial charge >= 0.3 is 0 Å². The molecule has 8 nitrogen and oxygen atoms in total. The number of hydrogen-bond donors (Lipinski definition) is 0. The molecule has 0 amide bonds. The Morgan fingerprint density at radius 1 is 1.11 bits per heavy atom. The van der Waals surface area contributed by atoms with Crippen LogP contribution >= 0.6 is 0 Å². The zero-order chi connectivity index (χ0) is 19.4. The summed E-state index contributed by atoms with van der Waals surface area (Å²) < 4.78 is 11.1. The van der Waals surface area contributed by atoms with Gasteiger partial charge < -0.3 is 9.15 Å². The molecule has 1 aromatic carbocycles. The maximum Gasteiger partial charge on any atom is 0.220 e. The standard InChI is InChI=1S/C19H24N6O2/c1-12(2)18-21-24-25(23-18)15-9-10-16(26-5)14(11-15)7-6-8-17-20-22-19(27-17)13(3)4/h6-7,9-13H,8H2,1-5H3/b7-6+. The monoisotopic (exact) mass is 368 g/mol. The molecular weight excluding hydrogens is 344 g/mol. The first-order valence-corrected chi connectivity index (χ1v) is 8.95. The van der Waals surface area contributed by atoms with Crippen LogP contribution in [0.2, 0.25) is 0 Å². The Morgan fingerprint density at radius 2 is 1.93 bits per heavy atom. The van der Waals surface area contributed by atoms with E-state index in [9.17, 15) is 0 Å². The third-order valence-electron chi connectivity index (χ3n) is 3.96. The molecular formula is C19H24N6O2. The molecule has 8 heteroatoms. The minimum atomic E-state index is 0.220. The third kappa shape index (κ3) is 4.39. The lowest BCUT2D eigenvalue weighted by molar-refractivity contribution is 0.413.